The molecule has 0 aliphatic carbocycles. The van der Waals surface area contributed by atoms with Gasteiger partial charge in [-0.25, -0.2) is 4.68 Å². The molecule has 0 unspecified atom stereocenters. The quantitative estimate of drug-likeness (QED) is 0.497. The Labute approximate surface area is 134 Å². The normalized spacial score (nSPS) is 10.8. The lowest BCUT2D eigenvalue weighted by Gasteiger charge is -2.10. The Bertz CT molecular complexity index is 742. The first-order chi connectivity index (χ1) is 11.4. The summed E-state index contributed by atoms with van der Waals surface area (Å²) in [5.74, 6) is 1.58. The molecule has 0 atom stereocenters. The van der Waals surface area contributed by atoms with Crippen LogP contribution in [0.4, 0.5) is 0 Å². The van der Waals surface area contributed by atoms with Crippen LogP contribution in [0.1, 0.15) is 5.56 Å². The molecule has 3 aromatic rings. The van der Waals surface area contributed by atoms with Crippen molar-refractivity contribution in [1.29, 1.82) is 0 Å². The van der Waals surface area contributed by atoms with Gasteiger partial charge in [-0.1, -0.05) is 30.3 Å². The smallest absolute Gasteiger partial charge is 0.141 e. The highest BCUT2D eigenvalue weighted by molar-refractivity contribution is 5.83. The Morgan fingerprint density at radius 1 is 0.870 bits per heavy atom. The molecular formula is C17H16N4O2. The number of para-hydroxylation sites is 2. The lowest BCUT2D eigenvalue weighted by atomic mass is 10.2. The van der Waals surface area contributed by atoms with Crippen LogP contribution in [0.25, 0.3) is 0 Å². The molecule has 0 aliphatic heterocycles. The molecule has 0 spiro atoms. The van der Waals surface area contributed by atoms with Crippen molar-refractivity contribution in [2.75, 3.05) is 13.2 Å². The van der Waals surface area contributed by atoms with Crippen molar-refractivity contribution in [1.82, 2.24) is 14.9 Å². The van der Waals surface area contributed by atoms with Gasteiger partial charge in [0.1, 0.15) is 37.4 Å². The van der Waals surface area contributed by atoms with Crippen LogP contribution in [0.5, 0.6) is 11.5 Å². The van der Waals surface area contributed by atoms with E-state index in [1.54, 1.807) is 6.21 Å². The maximum Gasteiger partial charge on any atom is 0.141 e. The Morgan fingerprint density at radius 2 is 1.57 bits per heavy atom. The monoisotopic (exact) mass is 308 g/mol. The second-order valence-electron chi connectivity index (χ2n) is 4.63. The fourth-order valence-electron chi connectivity index (χ4n) is 1.93. The van der Waals surface area contributed by atoms with E-state index < -0.39 is 0 Å². The topological polar surface area (TPSA) is 61.5 Å². The van der Waals surface area contributed by atoms with Gasteiger partial charge in [0.25, 0.3) is 0 Å². The highest BCUT2D eigenvalue weighted by Crippen LogP contribution is 2.16. The fourth-order valence-corrected chi connectivity index (χ4v) is 1.93. The van der Waals surface area contributed by atoms with E-state index in [2.05, 4.69) is 15.3 Å². The van der Waals surface area contributed by atoms with Crippen LogP contribution < -0.4 is 9.47 Å². The van der Waals surface area contributed by atoms with Crippen molar-refractivity contribution >= 4 is 6.21 Å². The summed E-state index contributed by atoms with van der Waals surface area (Å²) < 4.78 is 12.9. The van der Waals surface area contributed by atoms with Gasteiger partial charge in [-0.2, -0.15) is 5.10 Å². The van der Waals surface area contributed by atoms with Gasteiger partial charge in [0, 0.05) is 5.56 Å². The van der Waals surface area contributed by atoms with E-state index in [0.29, 0.717) is 13.2 Å². The molecule has 0 bridgehead atoms. The molecule has 0 radical (unpaired) electrons. The van der Waals surface area contributed by atoms with Gasteiger partial charge in [0.2, 0.25) is 0 Å². The summed E-state index contributed by atoms with van der Waals surface area (Å²) in [7, 11) is 0. The minimum Gasteiger partial charge on any atom is -0.490 e. The molecule has 23 heavy (non-hydrogen) atoms. The maximum absolute atomic E-state index is 5.77. The van der Waals surface area contributed by atoms with E-state index in [1.165, 1.54) is 17.3 Å². The first-order valence-electron chi connectivity index (χ1n) is 7.20. The third-order valence-corrected chi connectivity index (χ3v) is 3.01. The number of rotatable bonds is 7. The van der Waals surface area contributed by atoms with Crippen LogP contribution in [-0.2, 0) is 0 Å². The molecule has 3 rings (SSSR count). The molecule has 6 heteroatoms. The highest BCUT2D eigenvalue weighted by Gasteiger charge is 2.01. The maximum atomic E-state index is 5.77. The SMILES string of the molecule is C(=N\n1cnnc1)/c1ccccc1OCCOc1ccccc1. The van der Waals surface area contributed by atoms with Gasteiger partial charge in [-0.3, -0.25) is 0 Å². The summed E-state index contributed by atoms with van der Waals surface area (Å²) in [6, 6.07) is 17.3. The lowest BCUT2D eigenvalue weighted by molar-refractivity contribution is 0.217. The van der Waals surface area contributed by atoms with Crippen molar-refractivity contribution in [2.24, 2.45) is 5.10 Å². The molecule has 116 valence electrons. The van der Waals surface area contributed by atoms with E-state index >= 15 is 0 Å². The third-order valence-electron chi connectivity index (χ3n) is 3.01. The van der Waals surface area contributed by atoms with Gasteiger partial charge in [-0.15, -0.1) is 10.2 Å². The Balaban J connectivity index is 1.55. The summed E-state index contributed by atoms with van der Waals surface area (Å²) in [5.41, 5.74) is 0.876. The van der Waals surface area contributed by atoms with E-state index in [4.69, 9.17) is 9.47 Å². The fraction of sp³-hybridized carbons (Fsp3) is 0.118. The third kappa shape index (κ3) is 4.41. The molecule has 0 aliphatic rings. The van der Waals surface area contributed by atoms with Crippen molar-refractivity contribution in [3.05, 3.63) is 72.8 Å². The molecule has 2 aromatic carbocycles. The molecule has 1 aromatic heterocycles. The van der Waals surface area contributed by atoms with Crippen LogP contribution in [0.2, 0.25) is 0 Å². The first-order valence-corrected chi connectivity index (χ1v) is 7.20. The molecule has 0 N–H and O–H groups in total. The van der Waals surface area contributed by atoms with Crippen LogP contribution in [0.3, 0.4) is 0 Å². The molecule has 0 saturated heterocycles. The summed E-state index contributed by atoms with van der Waals surface area (Å²) in [4.78, 5) is 0. The van der Waals surface area contributed by atoms with Crippen molar-refractivity contribution in [2.45, 2.75) is 0 Å². The predicted octanol–water partition coefficient (Wildman–Crippen LogP) is 2.62. The van der Waals surface area contributed by atoms with Gasteiger partial charge in [0.05, 0.1) is 6.21 Å². The second-order valence-corrected chi connectivity index (χ2v) is 4.63. The summed E-state index contributed by atoms with van der Waals surface area (Å²) in [6.07, 6.45) is 4.75. The zero-order valence-corrected chi connectivity index (χ0v) is 12.4. The minimum atomic E-state index is 0.451. The molecule has 0 amide bonds. The number of ether oxygens (including phenoxy) is 2. The van der Waals surface area contributed by atoms with Crippen molar-refractivity contribution in [3.8, 4) is 11.5 Å². The zero-order valence-electron chi connectivity index (χ0n) is 12.4. The van der Waals surface area contributed by atoms with Crippen LogP contribution in [-0.4, -0.2) is 34.3 Å². The van der Waals surface area contributed by atoms with Crippen LogP contribution in [0.15, 0.2) is 72.4 Å². The number of hydrogen-bond donors (Lipinski definition) is 0. The molecule has 0 saturated carbocycles. The number of hydrogen-bond acceptors (Lipinski definition) is 5. The van der Waals surface area contributed by atoms with Crippen molar-refractivity contribution < 1.29 is 9.47 Å². The minimum absolute atomic E-state index is 0.451. The Morgan fingerprint density at radius 3 is 2.39 bits per heavy atom. The number of aromatic nitrogens is 3. The van der Waals surface area contributed by atoms with Gasteiger partial charge in [0.15, 0.2) is 0 Å². The van der Waals surface area contributed by atoms with E-state index in [-0.39, 0.29) is 0 Å². The standard InChI is InChI=1S/C17H16N4O2/c1-2-7-16(8-3-1)22-10-11-23-17-9-5-4-6-15(17)12-20-21-13-18-19-14-21/h1-9,12-14H,10-11H2/b20-12+. The Kier molecular flexibility index (Phi) is 4.97. The molecular weight excluding hydrogens is 292 g/mol. The lowest BCUT2D eigenvalue weighted by Crippen LogP contribution is -2.09. The largest absolute Gasteiger partial charge is 0.490 e. The highest BCUT2D eigenvalue weighted by atomic mass is 16.5. The summed E-state index contributed by atoms with van der Waals surface area (Å²) >= 11 is 0. The van der Waals surface area contributed by atoms with E-state index in [0.717, 1.165) is 17.1 Å². The number of benzene rings is 2. The molecule has 6 nitrogen and oxygen atoms in total. The zero-order chi connectivity index (χ0) is 15.7. The van der Waals surface area contributed by atoms with E-state index in [9.17, 15) is 0 Å². The van der Waals surface area contributed by atoms with Gasteiger partial charge < -0.3 is 9.47 Å². The van der Waals surface area contributed by atoms with E-state index in [1.807, 2.05) is 54.6 Å². The first kappa shape index (κ1) is 14.8. The average molecular weight is 308 g/mol. The average Bonchev–Trinajstić information content (AvgIpc) is 3.12. The van der Waals surface area contributed by atoms with Crippen LogP contribution >= 0.6 is 0 Å². The molecule has 1 heterocycles. The Hall–Kier alpha value is -3.15. The summed E-state index contributed by atoms with van der Waals surface area (Å²) in [5, 5.41) is 11.6. The predicted molar refractivity (Wildman–Crippen MR) is 86.9 cm³/mol. The molecule has 0 fully saturated rings. The second kappa shape index (κ2) is 7.74. The van der Waals surface area contributed by atoms with Crippen molar-refractivity contribution in [3.63, 3.8) is 0 Å². The van der Waals surface area contributed by atoms with Gasteiger partial charge in [-0.05, 0) is 24.3 Å². The van der Waals surface area contributed by atoms with Crippen LogP contribution in [0, 0.1) is 0 Å². The van der Waals surface area contributed by atoms with Gasteiger partial charge >= 0.3 is 0 Å². The number of nitrogens with zero attached hydrogens (tertiary/aromatic N) is 4. The summed E-state index contributed by atoms with van der Waals surface area (Å²) in [6.45, 7) is 0.924.